The standard InChI is InChI=1S/C8H12O3/c1-8(2)6(10-3)4-5-7(9)11-8/h4-6H,1-3H3. The zero-order valence-electron chi connectivity index (χ0n) is 6.96. The van der Waals surface area contributed by atoms with Crippen molar-refractivity contribution in [1.29, 1.82) is 0 Å². The highest BCUT2D eigenvalue weighted by molar-refractivity contribution is 5.83. The first-order valence-corrected chi connectivity index (χ1v) is 3.50. The molecule has 1 aliphatic rings. The Morgan fingerprint density at radius 3 is 2.73 bits per heavy atom. The van der Waals surface area contributed by atoms with Crippen LogP contribution in [0.25, 0.3) is 0 Å². The molecule has 0 bridgehead atoms. The van der Waals surface area contributed by atoms with Crippen molar-refractivity contribution < 1.29 is 14.3 Å². The Bertz CT molecular complexity index is 194. The smallest absolute Gasteiger partial charge is 0.331 e. The molecule has 0 amide bonds. The van der Waals surface area contributed by atoms with E-state index in [1.807, 2.05) is 13.8 Å². The fourth-order valence-corrected chi connectivity index (χ4v) is 1.11. The Morgan fingerprint density at radius 1 is 1.64 bits per heavy atom. The van der Waals surface area contributed by atoms with Crippen LogP contribution in [0.5, 0.6) is 0 Å². The largest absolute Gasteiger partial charge is 0.453 e. The summed E-state index contributed by atoms with van der Waals surface area (Å²) in [6.07, 6.45) is 2.96. The van der Waals surface area contributed by atoms with E-state index < -0.39 is 5.60 Å². The van der Waals surface area contributed by atoms with Crippen LogP contribution in [0.3, 0.4) is 0 Å². The van der Waals surface area contributed by atoms with E-state index in [1.165, 1.54) is 6.08 Å². The van der Waals surface area contributed by atoms with Crippen molar-refractivity contribution in [2.75, 3.05) is 7.11 Å². The first-order valence-electron chi connectivity index (χ1n) is 3.50. The second-order valence-electron chi connectivity index (χ2n) is 3.04. The quantitative estimate of drug-likeness (QED) is 0.529. The van der Waals surface area contributed by atoms with Gasteiger partial charge >= 0.3 is 5.97 Å². The number of ether oxygens (including phenoxy) is 2. The molecule has 3 nitrogen and oxygen atoms in total. The van der Waals surface area contributed by atoms with E-state index in [9.17, 15) is 4.79 Å². The molecule has 1 atom stereocenters. The first-order chi connectivity index (χ1) is 5.06. The van der Waals surface area contributed by atoms with Gasteiger partial charge in [0.1, 0.15) is 11.7 Å². The molecule has 1 rings (SSSR count). The Labute approximate surface area is 66.0 Å². The lowest BCUT2D eigenvalue weighted by Gasteiger charge is -2.33. The molecule has 0 aromatic rings. The number of esters is 1. The summed E-state index contributed by atoms with van der Waals surface area (Å²) in [6.45, 7) is 3.64. The summed E-state index contributed by atoms with van der Waals surface area (Å²) in [6, 6.07) is 0. The zero-order chi connectivity index (χ0) is 8.48. The van der Waals surface area contributed by atoms with Crippen molar-refractivity contribution >= 4 is 5.97 Å². The Kier molecular flexibility index (Phi) is 2.00. The minimum absolute atomic E-state index is 0.139. The third-order valence-electron chi connectivity index (χ3n) is 1.71. The average molecular weight is 156 g/mol. The molecular formula is C8H12O3. The van der Waals surface area contributed by atoms with Crippen LogP contribution in [0.1, 0.15) is 13.8 Å². The highest BCUT2D eigenvalue weighted by atomic mass is 16.6. The number of hydrogen-bond acceptors (Lipinski definition) is 3. The Balaban J connectivity index is 2.80. The lowest BCUT2D eigenvalue weighted by molar-refractivity contribution is -0.163. The summed E-state index contributed by atoms with van der Waals surface area (Å²) in [5.74, 6) is -0.302. The van der Waals surface area contributed by atoms with E-state index >= 15 is 0 Å². The summed E-state index contributed by atoms with van der Waals surface area (Å²) in [7, 11) is 1.59. The van der Waals surface area contributed by atoms with Gasteiger partial charge in [0, 0.05) is 13.2 Å². The van der Waals surface area contributed by atoms with Gasteiger partial charge in [0.05, 0.1) is 0 Å². The fourth-order valence-electron chi connectivity index (χ4n) is 1.11. The molecule has 0 fully saturated rings. The summed E-state index contributed by atoms with van der Waals surface area (Å²) in [4.78, 5) is 10.8. The zero-order valence-corrected chi connectivity index (χ0v) is 6.96. The van der Waals surface area contributed by atoms with Crippen LogP contribution in [-0.2, 0) is 14.3 Å². The minimum atomic E-state index is -0.541. The van der Waals surface area contributed by atoms with Crippen molar-refractivity contribution in [1.82, 2.24) is 0 Å². The van der Waals surface area contributed by atoms with Crippen LogP contribution in [0.15, 0.2) is 12.2 Å². The predicted molar refractivity (Wildman–Crippen MR) is 40.1 cm³/mol. The van der Waals surface area contributed by atoms with Crippen LogP contribution >= 0.6 is 0 Å². The molecule has 0 radical (unpaired) electrons. The average Bonchev–Trinajstić information content (AvgIpc) is 1.85. The lowest BCUT2D eigenvalue weighted by atomic mass is 9.99. The summed E-state index contributed by atoms with van der Waals surface area (Å²) >= 11 is 0. The van der Waals surface area contributed by atoms with Gasteiger partial charge in [-0.05, 0) is 19.9 Å². The SMILES string of the molecule is COC1C=CC(=O)OC1(C)C. The number of carbonyl (C=O) groups excluding carboxylic acids is 1. The van der Waals surface area contributed by atoms with Crippen molar-refractivity contribution in [2.45, 2.75) is 25.6 Å². The first kappa shape index (κ1) is 8.27. The number of cyclic esters (lactones) is 1. The Morgan fingerprint density at radius 2 is 2.27 bits per heavy atom. The molecule has 0 saturated carbocycles. The van der Waals surface area contributed by atoms with Crippen LogP contribution in [0.4, 0.5) is 0 Å². The second-order valence-corrected chi connectivity index (χ2v) is 3.04. The second kappa shape index (κ2) is 2.66. The van der Waals surface area contributed by atoms with Gasteiger partial charge in [-0.3, -0.25) is 0 Å². The summed E-state index contributed by atoms with van der Waals surface area (Å²) < 4.78 is 10.1. The van der Waals surface area contributed by atoms with Gasteiger partial charge in [0.25, 0.3) is 0 Å². The van der Waals surface area contributed by atoms with Gasteiger partial charge in [-0.1, -0.05) is 0 Å². The summed E-state index contributed by atoms with van der Waals surface area (Å²) in [5, 5.41) is 0. The van der Waals surface area contributed by atoms with Crippen LogP contribution < -0.4 is 0 Å². The number of rotatable bonds is 1. The maximum atomic E-state index is 10.8. The molecule has 1 heterocycles. The molecule has 1 aliphatic heterocycles. The van der Waals surface area contributed by atoms with E-state index in [2.05, 4.69) is 0 Å². The summed E-state index contributed by atoms with van der Waals surface area (Å²) in [5.41, 5.74) is -0.541. The van der Waals surface area contributed by atoms with E-state index in [4.69, 9.17) is 9.47 Å². The highest BCUT2D eigenvalue weighted by Gasteiger charge is 2.34. The molecule has 62 valence electrons. The number of hydrogen-bond donors (Lipinski definition) is 0. The van der Waals surface area contributed by atoms with Gasteiger partial charge in [0.15, 0.2) is 0 Å². The van der Waals surface area contributed by atoms with Crippen LogP contribution in [0.2, 0.25) is 0 Å². The topological polar surface area (TPSA) is 35.5 Å². The Hall–Kier alpha value is -0.830. The highest BCUT2D eigenvalue weighted by Crippen LogP contribution is 2.22. The van der Waals surface area contributed by atoms with Crippen molar-refractivity contribution in [2.24, 2.45) is 0 Å². The van der Waals surface area contributed by atoms with Gasteiger partial charge in [-0.2, -0.15) is 0 Å². The number of methoxy groups -OCH3 is 1. The van der Waals surface area contributed by atoms with Gasteiger partial charge in [-0.15, -0.1) is 0 Å². The third kappa shape index (κ3) is 1.60. The van der Waals surface area contributed by atoms with Crippen molar-refractivity contribution in [3.05, 3.63) is 12.2 Å². The van der Waals surface area contributed by atoms with Crippen LogP contribution in [0, 0.1) is 0 Å². The van der Waals surface area contributed by atoms with Crippen molar-refractivity contribution in [3.8, 4) is 0 Å². The molecule has 0 aliphatic carbocycles. The lowest BCUT2D eigenvalue weighted by Crippen LogP contribution is -2.43. The molecule has 11 heavy (non-hydrogen) atoms. The normalized spacial score (nSPS) is 28.3. The molecule has 1 unspecified atom stereocenters. The molecule has 0 aromatic heterocycles. The molecule has 3 heteroatoms. The van der Waals surface area contributed by atoms with Gasteiger partial charge in [-0.25, -0.2) is 4.79 Å². The maximum absolute atomic E-state index is 10.8. The van der Waals surface area contributed by atoms with Crippen molar-refractivity contribution in [3.63, 3.8) is 0 Å². The van der Waals surface area contributed by atoms with E-state index in [-0.39, 0.29) is 12.1 Å². The minimum Gasteiger partial charge on any atom is -0.453 e. The monoisotopic (exact) mass is 156 g/mol. The van der Waals surface area contributed by atoms with E-state index in [0.29, 0.717) is 0 Å². The molecule has 0 saturated heterocycles. The fraction of sp³-hybridized carbons (Fsp3) is 0.625. The van der Waals surface area contributed by atoms with E-state index in [0.717, 1.165) is 0 Å². The predicted octanol–water partition coefficient (Wildman–Crippen LogP) is 0.893. The van der Waals surface area contributed by atoms with Gasteiger partial charge in [0.2, 0.25) is 0 Å². The van der Waals surface area contributed by atoms with Gasteiger partial charge < -0.3 is 9.47 Å². The molecular weight excluding hydrogens is 144 g/mol. The third-order valence-corrected chi connectivity index (χ3v) is 1.71. The molecule has 0 N–H and O–H groups in total. The van der Waals surface area contributed by atoms with E-state index in [1.54, 1.807) is 13.2 Å². The molecule has 0 aromatic carbocycles. The van der Waals surface area contributed by atoms with Crippen LogP contribution in [-0.4, -0.2) is 24.8 Å². The maximum Gasteiger partial charge on any atom is 0.331 e. The number of carbonyl (C=O) groups is 1. The molecule has 0 spiro atoms.